The molecule has 1 N–H and O–H groups in total. The molecule has 1 heterocycles. The average Bonchev–Trinajstić information content (AvgIpc) is 2.76. The molecule has 0 fully saturated rings. The molecule has 0 radical (unpaired) electrons. The summed E-state index contributed by atoms with van der Waals surface area (Å²) in [5.41, 5.74) is 3.91. The first-order chi connectivity index (χ1) is 11.2. The Labute approximate surface area is 147 Å². The van der Waals surface area contributed by atoms with Gasteiger partial charge in [-0.3, -0.25) is 10.2 Å². The maximum Gasteiger partial charge on any atom is 0.422 e. The van der Waals surface area contributed by atoms with Crippen LogP contribution < -0.4 is 5.43 Å². The van der Waals surface area contributed by atoms with E-state index in [0.29, 0.717) is 18.2 Å². The molecule has 1 aromatic carbocycles. The molecule has 1 aliphatic rings. The van der Waals surface area contributed by atoms with Crippen LogP contribution >= 0.6 is 11.6 Å². The molecule has 24 heavy (non-hydrogen) atoms. The average molecular weight is 355 g/mol. The minimum absolute atomic E-state index is 0.0976. The second-order valence-electron chi connectivity index (χ2n) is 6.58. The van der Waals surface area contributed by atoms with E-state index in [0.717, 1.165) is 11.1 Å². The fourth-order valence-electron chi connectivity index (χ4n) is 2.67. The number of nitrogens with one attached hydrogen (secondary N) is 1. The molecule has 1 unspecified atom stereocenters. The van der Waals surface area contributed by atoms with Crippen molar-refractivity contribution in [1.29, 1.82) is 0 Å². The molecular formula is C17H23ClN2O4. The Balaban J connectivity index is 2.19. The first kappa shape index (κ1) is 18.5. The van der Waals surface area contributed by atoms with Gasteiger partial charge in [0.05, 0.1) is 19.1 Å². The number of hydrazine groups is 1. The van der Waals surface area contributed by atoms with E-state index in [2.05, 4.69) is 5.43 Å². The summed E-state index contributed by atoms with van der Waals surface area (Å²) in [6, 6.07) is 5.16. The number of amides is 1. The van der Waals surface area contributed by atoms with Gasteiger partial charge >= 0.3 is 12.1 Å². The van der Waals surface area contributed by atoms with E-state index >= 15 is 0 Å². The molecule has 7 heteroatoms. The standard InChI is InChI=1S/C17H23ClN2O4/c1-5-23-14(21)9-13-15-11(7-6-8-12(15)18)10-20(13)19-16(22)24-17(2,3)4/h6-8,13H,5,9-10H2,1-4H3,(H,19,22). The number of hydrogen-bond acceptors (Lipinski definition) is 5. The predicted molar refractivity (Wildman–Crippen MR) is 90.4 cm³/mol. The summed E-state index contributed by atoms with van der Waals surface area (Å²) in [6.07, 6.45) is -0.472. The van der Waals surface area contributed by atoms with Gasteiger partial charge in [0.15, 0.2) is 0 Å². The molecule has 132 valence electrons. The highest BCUT2D eigenvalue weighted by Crippen LogP contribution is 2.39. The molecule has 1 aromatic rings. The van der Waals surface area contributed by atoms with E-state index < -0.39 is 11.7 Å². The van der Waals surface area contributed by atoms with Crippen LogP contribution in [-0.2, 0) is 20.8 Å². The number of carbonyl (C=O) groups excluding carboxylic acids is 2. The minimum atomic E-state index is -0.606. The second-order valence-corrected chi connectivity index (χ2v) is 6.99. The van der Waals surface area contributed by atoms with Crippen molar-refractivity contribution in [2.45, 2.75) is 52.3 Å². The number of hydrogen-bond donors (Lipinski definition) is 1. The fraction of sp³-hybridized carbons (Fsp3) is 0.529. The Morgan fingerprint density at radius 2 is 2.08 bits per heavy atom. The summed E-state index contributed by atoms with van der Waals surface area (Å²) in [4.78, 5) is 24.0. The summed E-state index contributed by atoms with van der Waals surface area (Å²) in [6.45, 7) is 7.87. The molecule has 2 rings (SSSR count). The summed E-state index contributed by atoms with van der Waals surface area (Å²) < 4.78 is 10.3. The smallest absolute Gasteiger partial charge is 0.422 e. The number of nitrogens with zero attached hydrogens (tertiary/aromatic N) is 1. The SMILES string of the molecule is CCOC(=O)CC1c2c(Cl)cccc2CN1NC(=O)OC(C)(C)C. The lowest BCUT2D eigenvalue weighted by molar-refractivity contribution is -0.145. The van der Waals surface area contributed by atoms with Crippen molar-refractivity contribution in [3.05, 3.63) is 34.3 Å². The summed E-state index contributed by atoms with van der Waals surface area (Å²) >= 11 is 6.31. The zero-order chi connectivity index (χ0) is 17.9. The van der Waals surface area contributed by atoms with Crippen molar-refractivity contribution in [1.82, 2.24) is 10.4 Å². The van der Waals surface area contributed by atoms with E-state index in [-0.39, 0.29) is 18.4 Å². The highest BCUT2D eigenvalue weighted by molar-refractivity contribution is 6.31. The maximum absolute atomic E-state index is 12.1. The monoisotopic (exact) mass is 354 g/mol. The van der Waals surface area contributed by atoms with Crippen molar-refractivity contribution >= 4 is 23.7 Å². The van der Waals surface area contributed by atoms with Gasteiger partial charge in [-0.15, -0.1) is 0 Å². The highest BCUT2D eigenvalue weighted by atomic mass is 35.5. The van der Waals surface area contributed by atoms with Crippen LogP contribution in [-0.4, -0.2) is 29.3 Å². The minimum Gasteiger partial charge on any atom is -0.466 e. The summed E-state index contributed by atoms with van der Waals surface area (Å²) in [5.74, 6) is -0.341. The Bertz CT molecular complexity index is 628. The lowest BCUT2D eigenvalue weighted by atomic mass is 10.0. The Morgan fingerprint density at radius 1 is 1.38 bits per heavy atom. The molecule has 1 atom stereocenters. The second kappa shape index (κ2) is 7.40. The number of carbonyl (C=O) groups is 2. The molecule has 0 spiro atoms. The van der Waals surface area contributed by atoms with Crippen LogP contribution in [0.1, 0.15) is 51.3 Å². The number of ether oxygens (including phenoxy) is 2. The van der Waals surface area contributed by atoms with Gasteiger partial charge in [0.1, 0.15) is 5.60 Å². The number of halogens is 1. The fourth-order valence-corrected chi connectivity index (χ4v) is 2.99. The van der Waals surface area contributed by atoms with Crippen molar-refractivity contribution < 1.29 is 19.1 Å². The zero-order valence-corrected chi connectivity index (χ0v) is 15.1. The third-order valence-corrected chi connectivity index (χ3v) is 3.82. The molecule has 1 amide bonds. The van der Waals surface area contributed by atoms with E-state index in [4.69, 9.17) is 21.1 Å². The molecule has 0 saturated carbocycles. The third-order valence-electron chi connectivity index (χ3n) is 3.49. The van der Waals surface area contributed by atoms with Gasteiger partial charge in [0.25, 0.3) is 0 Å². The van der Waals surface area contributed by atoms with Gasteiger partial charge in [0.2, 0.25) is 0 Å². The number of fused-ring (bicyclic) bond motifs is 1. The van der Waals surface area contributed by atoms with Gasteiger partial charge in [-0.1, -0.05) is 23.7 Å². The summed E-state index contributed by atoms with van der Waals surface area (Å²) in [7, 11) is 0. The van der Waals surface area contributed by atoms with Crippen molar-refractivity contribution in [3.63, 3.8) is 0 Å². The van der Waals surface area contributed by atoms with Gasteiger partial charge in [-0.05, 0) is 44.9 Å². The van der Waals surface area contributed by atoms with Crippen LogP contribution in [0.25, 0.3) is 0 Å². The van der Waals surface area contributed by atoms with Crippen molar-refractivity contribution in [2.24, 2.45) is 0 Å². The Morgan fingerprint density at radius 3 is 2.71 bits per heavy atom. The van der Waals surface area contributed by atoms with Crippen LogP contribution in [0.3, 0.4) is 0 Å². The number of esters is 1. The molecule has 0 aliphatic carbocycles. The first-order valence-electron chi connectivity index (χ1n) is 7.90. The lowest BCUT2D eigenvalue weighted by Gasteiger charge is -2.27. The van der Waals surface area contributed by atoms with E-state index in [9.17, 15) is 9.59 Å². The van der Waals surface area contributed by atoms with Crippen LogP contribution in [0.2, 0.25) is 5.02 Å². The topological polar surface area (TPSA) is 67.9 Å². The van der Waals surface area contributed by atoms with E-state index in [1.54, 1.807) is 38.8 Å². The third kappa shape index (κ3) is 4.61. The van der Waals surface area contributed by atoms with Gasteiger partial charge in [-0.25, -0.2) is 9.80 Å². The predicted octanol–water partition coefficient (Wildman–Crippen LogP) is 3.59. The molecule has 1 aliphatic heterocycles. The van der Waals surface area contributed by atoms with Gasteiger partial charge < -0.3 is 9.47 Å². The normalized spacial score (nSPS) is 17.3. The molecule has 0 saturated heterocycles. The quantitative estimate of drug-likeness (QED) is 0.837. The summed E-state index contributed by atoms with van der Waals surface area (Å²) in [5, 5.41) is 2.23. The van der Waals surface area contributed by atoms with Crippen LogP contribution in [0.4, 0.5) is 4.79 Å². The molecular weight excluding hydrogens is 332 g/mol. The van der Waals surface area contributed by atoms with Crippen molar-refractivity contribution in [2.75, 3.05) is 6.61 Å². The largest absolute Gasteiger partial charge is 0.466 e. The van der Waals surface area contributed by atoms with E-state index in [1.165, 1.54) is 0 Å². The van der Waals surface area contributed by atoms with Gasteiger partial charge in [0, 0.05) is 11.6 Å². The van der Waals surface area contributed by atoms with Crippen molar-refractivity contribution in [3.8, 4) is 0 Å². The maximum atomic E-state index is 12.1. The first-order valence-corrected chi connectivity index (χ1v) is 8.28. The Kier molecular flexibility index (Phi) is 5.72. The zero-order valence-electron chi connectivity index (χ0n) is 14.4. The van der Waals surface area contributed by atoms with Crippen LogP contribution in [0.5, 0.6) is 0 Å². The van der Waals surface area contributed by atoms with Crippen LogP contribution in [0.15, 0.2) is 18.2 Å². The highest BCUT2D eigenvalue weighted by Gasteiger charge is 2.35. The Hall–Kier alpha value is -1.79. The molecule has 6 nitrogen and oxygen atoms in total. The number of benzene rings is 1. The molecule has 0 aromatic heterocycles. The van der Waals surface area contributed by atoms with Gasteiger partial charge in [-0.2, -0.15) is 0 Å². The van der Waals surface area contributed by atoms with Crippen LogP contribution in [0, 0.1) is 0 Å². The number of rotatable bonds is 4. The molecule has 0 bridgehead atoms. The lowest BCUT2D eigenvalue weighted by Crippen LogP contribution is -2.44. The van der Waals surface area contributed by atoms with E-state index in [1.807, 2.05) is 12.1 Å².